The minimum absolute atomic E-state index is 0.0555. The Balaban J connectivity index is 2.10. The molecule has 0 aromatic heterocycles. The Morgan fingerprint density at radius 3 is 2.53 bits per heavy atom. The van der Waals surface area contributed by atoms with E-state index in [1.807, 2.05) is 26.0 Å². The highest BCUT2D eigenvalue weighted by molar-refractivity contribution is 6.55. The zero-order valence-electron chi connectivity index (χ0n) is 10.6. The van der Waals surface area contributed by atoms with Gasteiger partial charge in [0.05, 0.1) is 16.6 Å². The van der Waals surface area contributed by atoms with Gasteiger partial charge in [-0.3, -0.25) is 4.79 Å². The van der Waals surface area contributed by atoms with Crippen LogP contribution in [0.15, 0.2) is 34.8 Å². The monoisotopic (exact) mass is 317 g/mol. The smallest absolute Gasteiger partial charge is 0.228 e. The Morgan fingerprint density at radius 1 is 1.32 bits per heavy atom. The van der Waals surface area contributed by atoms with Gasteiger partial charge in [-0.05, 0) is 29.5 Å². The summed E-state index contributed by atoms with van der Waals surface area (Å²) in [5, 5.41) is 3.37. The molecule has 1 aliphatic rings. The second-order valence-electron chi connectivity index (χ2n) is 5.25. The van der Waals surface area contributed by atoms with E-state index in [-0.39, 0.29) is 27.6 Å². The molecular weight excluding hydrogens is 305 g/mol. The summed E-state index contributed by atoms with van der Waals surface area (Å²) in [6.45, 7) is 4.03. The van der Waals surface area contributed by atoms with Crippen molar-refractivity contribution in [3.63, 3.8) is 0 Å². The molecule has 2 nitrogen and oxygen atoms in total. The van der Waals surface area contributed by atoms with Gasteiger partial charge in [-0.2, -0.15) is 0 Å². The first-order valence-corrected chi connectivity index (χ1v) is 7.05. The maximum atomic E-state index is 12.2. The van der Waals surface area contributed by atoms with Gasteiger partial charge in [0.15, 0.2) is 0 Å². The lowest BCUT2D eigenvalue weighted by Crippen LogP contribution is -2.17. The summed E-state index contributed by atoms with van der Waals surface area (Å²) in [7, 11) is 0. The molecule has 0 aliphatic heterocycles. The van der Waals surface area contributed by atoms with Crippen LogP contribution in [0.2, 0.25) is 5.02 Å². The van der Waals surface area contributed by atoms with Crippen LogP contribution in [0.3, 0.4) is 0 Å². The lowest BCUT2D eigenvalue weighted by atomic mass is 10.1. The van der Waals surface area contributed by atoms with E-state index in [1.165, 1.54) is 0 Å². The molecule has 0 unspecified atom stereocenters. The molecule has 1 fully saturated rings. The number of nitrogens with one attached hydrogen (secondary N) is 1. The third-order valence-electron chi connectivity index (χ3n) is 3.63. The van der Waals surface area contributed by atoms with E-state index in [0.717, 1.165) is 0 Å². The second-order valence-corrected chi connectivity index (χ2v) is 6.67. The fraction of sp³-hybridized carbons (Fsp3) is 0.357. The van der Waals surface area contributed by atoms with Crippen molar-refractivity contribution in [1.29, 1.82) is 0 Å². The third kappa shape index (κ3) is 3.07. The van der Waals surface area contributed by atoms with E-state index in [9.17, 15) is 4.79 Å². The van der Waals surface area contributed by atoms with Crippen molar-refractivity contribution in [3.8, 4) is 0 Å². The Bertz CT molecular complexity index is 535. The molecule has 0 bridgehead atoms. The van der Waals surface area contributed by atoms with Gasteiger partial charge < -0.3 is 5.32 Å². The molecule has 0 saturated heterocycles. The predicted molar refractivity (Wildman–Crippen MR) is 80.6 cm³/mol. The molecule has 0 radical (unpaired) electrons. The van der Waals surface area contributed by atoms with Gasteiger partial charge in [-0.15, -0.1) is 0 Å². The van der Waals surface area contributed by atoms with E-state index >= 15 is 0 Å². The third-order valence-corrected chi connectivity index (χ3v) is 4.21. The highest BCUT2D eigenvalue weighted by Crippen LogP contribution is 2.60. The molecule has 102 valence electrons. The number of amides is 1. The molecule has 19 heavy (non-hydrogen) atoms. The Labute approximate surface area is 127 Å². The molecule has 1 aromatic rings. The van der Waals surface area contributed by atoms with Crippen molar-refractivity contribution in [2.75, 3.05) is 5.32 Å². The zero-order valence-corrected chi connectivity index (χ0v) is 12.9. The molecule has 2 atom stereocenters. The van der Waals surface area contributed by atoms with Crippen molar-refractivity contribution in [1.82, 2.24) is 0 Å². The van der Waals surface area contributed by atoms with Gasteiger partial charge in [-0.25, -0.2) is 0 Å². The van der Waals surface area contributed by atoms with Crippen LogP contribution in [0.25, 0.3) is 0 Å². The first-order valence-electron chi connectivity index (χ1n) is 5.92. The lowest BCUT2D eigenvalue weighted by Gasteiger charge is -2.07. The average Bonchev–Trinajstić information content (AvgIpc) is 2.82. The number of carbonyl (C=O) groups excluding carboxylic acids is 1. The lowest BCUT2D eigenvalue weighted by molar-refractivity contribution is -0.118. The van der Waals surface area contributed by atoms with Gasteiger partial charge in [0.2, 0.25) is 5.91 Å². The summed E-state index contributed by atoms with van der Waals surface area (Å²) in [5.41, 5.74) is 0.483. The number of anilines is 1. The van der Waals surface area contributed by atoms with E-state index in [1.54, 1.807) is 18.2 Å². The number of hydrogen-bond donors (Lipinski definition) is 1. The highest BCUT2D eigenvalue weighted by Gasteiger charge is 2.60. The molecule has 1 amide bonds. The van der Waals surface area contributed by atoms with Crippen molar-refractivity contribution < 1.29 is 4.79 Å². The molecule has 0 heterocycles. The quantitative estimate of drug-likeness (QED) is 0.846. The summed E-state index contributed by atoms with van der Waals surface area (Å²) >= 11 is 17.4. The summed E-state index contributed by atoms with van der Waals surface area (Å²) in [4.78, 5) is 12.2. The van der Waals surface area contributed by atoms with Crippen LogP contribution < -0.4 is 5.32 Å². The Kier molecular flexibility index (Phi) is 4.14. The maximum absolute atomic E-state index is 12.2. The summed E-state index contributed by atoms with van der Waals surface area (Å²) in [6.07, 6.45) is 1.72. The molecule has 0 spiro atoms. The Hall–Kier alpha value is -0.700. The highest BCUT2D eigenvalue weighted by atomic mass is 35.5. The van der Waals surface area contributed by atoms with Gasteiger partial charge in [-0.1, -0.05) is 60.8 Å². The first kappa shape index (κ1) is 14.7. The van der Waals surface area contributed by atoms with Crippen molar-refractivity contribution in [2.45, 2.75) is 13.8 Å². The number of allylic oxidation sites excluding steroid dienone is 1. The van der Waals surface area contributed by atoms with Crippen molar-refractivity contribution in [3.05, 3.63) is 39.9 Å². The van der Waals surface area contributed by atoms with E-state index in [4.69, 9.17) is 34.8 Å². The largest absolute Gasteiger partial charge is 0.324 e. The molecule has 1 saturated carbocycles. The predicted octanol–water partition coefficient (Wildman–Crippen LogP) is 4.87. The molecule has 1 aliphatic carbocycles. The van der Waals surface area contributed by atoms with Crippen LogP contribution in [0, 0.1) is 17.3 Å². The minimum Gasteiger partial charge on any atom is -0.324 e. The van der Waals surface area contributed by atoms with Crippen LogP contribution in [-0.4, -0.2) is 5.91 Å². The number of carbonyl (C=O) groups is 1. The first-order chi connectivity index (χ1) is 8.84. The number of benzene rings is 1. The molecule has 5 heteroatoms. The molecular formula is C14H14Cl3NO. The standard InChI is InChI=1S/C14H14Cl3NO/c1-14(2)8(7-11(16)17)12(14)13(19)18-10-6-4-3-5-9(10)15/h3-8,12H,1-2H3,(H,18,19)/t8-,12+/m1/s1. The number of rotatable bonds is 3. The average molecular weight is 319 g/mol. The van der Waals surface area contributed by atoms with E-state index < -0.39 is 0 Å². The van der Waals surface area contributed by atoms with Gasteiger partial charge in [0.25, 0.3) is 0 Å². The second kappa shape index (κ2) is 5.35. The van der Waals surface area contributed by atoms with Gasteiger partial charge >= 0.3 is 0 Å². The maximum Gasteiger partial charge on any atom is 0.228 e. The molecule has 1 aromatic carbocycles. The summed E-state index contributed by atoms with van der Waals surface area (Å²) < 4.78 is 0.200. The SMILES string of the molecule is CC1(C)[C@H](C=C(Cl)Cl)[C@H]1C(=O)Nc1ccccc1Cl. The van der Waals surface area contributed by atoms with Crippen LogP contribution in [0.1, 0.15) is 13.8 Å². The van der Waals surface area contributed by atoms with Crippen molar-refractivity contribution in [2.24, 2.45) is 17.3 Å². The van der Waals surface area contributed by atoms with E-state index in [2.05, 4.69) is 5.32 Å². The van der Waals surface area contributed by atoms with E-state index in [0.29, 0.717) is 10.7 Å². The van der Waals surface area contributed by atoms with Crippen LogP contribution in [-0.2, 0) is 4.79 Å². The minimum atomic E-state index is -0.142. The van der Waals surface area contributed by atoms with Gasteiger partial charge in [0.1, 0.15) is 4.49 Å². The fourth-order valence-electron chi connectivity index (χ4n) is 2.40. The normalized spacial score (nSPS) is 23.6. The molecule has 1 N–H and O–H groups in total. The van der Waals surface area contributed by atoms with Gasteiger partial charge in [0, 0.05) is 0 Å². The summed E-state index contributed by atoms with van der Waals surface area (Å²) in [5.74, 6) is -0.148. The summed E-state index contributed by atoms with van der Waals surface area (Å²) in [6, 6.07) is 7.15. The molecule has 2 rings (SSSR count). The topological polar surface area (TPSA) is 29.1 Å². The number of para-hydroxylation sites is 1. The Morgan fingerprint density at radius 2 is 1.95 bits per heavy atom. The fourth-order valence-corrected chi connectivity index (χ4v) is 2.85. The van der Waals surface area contributed by atoms with Crippen molar-refractivity contribution >= 4 is 46.4 Å². The number of hydrogen-bond acceptors (Lipinski definition) is 1. The van der Waals surface area contributed by atoms with Crippen LogP contribution in [0.5, 0.6) is 0 Å². The van der Waals surface area contributed by atoms with Crippen LogP contribution >= 0.6 is 34.8 Å². The number of halogens is 3. The van der Waals surface area contributed by atoms with Crippen LogP contribution in [0.4, 0.5) is 5.69 Å². The zero-order chi connectivity index (χ0) is 14.2.